The van der Waals surface area contributed by atoms with Crippen LogP contribution in [-0.2, 0) is 20.8 Å². The zero-order chi connectivity index (χ0) is 16.0. The molecule has 1 aliphatic carbocycles. The number of aromatic nitrogens is 1. The molecule has 0 saturated heterocycles. The summed E-state index contributed by atoms with van der Waals surface area (Å²) in [5.41, 5.74) is 0.0997. The molecule has 1 aliphatic rings. The molecule has 1 aromatic rings. The predicted molar refractivity (Wildman–Crippen MR) is 78.9 cm³/mol. The Kier molecular flexibility index (Phi) is 4.12. The molecule has 0 spiro atoms. The van der Waals surface area contributed by atoms with E-state index < -0.39 is 9.05 Å². The van der Waals surface area contributed by atoms with Crippen molar-refractivity contribution in [1.29, 1.82) is 0 Å². The lowest BCUT2D eigenvalue weighted by atomic mass is 9.64. The molecule has 0 aliphatic heterocycles. The van der Waals surface area contributed by atoms with Gasteiger partial charge in [0, 0.05) is 42.5 Å². The topological polar surface area (TPSA) is 77.4 Å². The third kappa shape index (κ3) is 2.95. The number of carbonyl (C=O) groups is 1. The van der Waals surface area contributed by atoms with Gasteiger partial charge >= 0.3 is 0 Å². The first-order chi connectivity index (χ1) is 9.57. The number of amides is 1. The molecule has 21 heavy (non-hydrogen) atoms. The molecule has 2 unspecified atom stereocenters. The summed E-state index contributed by atoms with van der Waals surface area (Å²) in [7, 11) is 4.70. The van der Waals surface area contributed by atoms with Crippen molar-refractivity contribution < 1.29 is 17.9 Å². The lowest BCUT2D eigenvalue weighted by Crippen LogP contribution is -2.61. The van der Waals surface area contributed by atoms with Gasteiger partial charge in [-0.25, -0.2) is 8.42 Å². The average molecular weight is 335 g/mol. The van der Waals surface area contributed by atoms with E-state index >= 15 is 0 Å². The normalized spacial score (nSPS) is 24.4. The van der Waals surface area contributed by atoms with E-state index in [0.29, 0.717) is 0 Å². The van der Waals surface area contributed by atoms with Crippen LogP contribution in [-0.4, -0.2) is 38.1 Å². The first kappa shape index (κ1) is 16.3. The van der Waals surface area contributed by atoms with Gasteiger partial charge in [0.25, 0.3) is 15.0 Å². The van der Waals surface area contributed by atoms with Gasteiger partial charge in [-0.1, -0.05) is 13.8 Å². The second-order valence-corrected chi connectivity index (χ2v) is 8.48. The molecule has 6 nitrogen and oxygen atoms in total. The molecular weight excluding hydrogens is 316 g/mol. The molecule has 0 bridgehead atoms. The van der Waals surface area contributed by atoms with Crippen LogP contribution in [0.25, 0.3) is 0 Å². The zero-order valence-electron chi connectivity index (χ0n) is 12.4. The number of rotatable bonds is 4. The van der Waals surface area contributed by atoms with Crippen LogP contribution >= 0.6 is 10.7 Å². The number of halogens is 1. The van der Waals surface area contributed by atoms with Gasteiger partial charge in [-0.05, 0) is 12.5 Å². The molecule has 1 aromatic heterocycles. The summed E-state index contributed by atoms with van der Waals surface area (Å²) in [6.45, 7) is 4.05. The largest absolute Gasteiger partial charge is 0.381 e. The molecule has 1 heterocycles. The highest BCUT2D eigenvalue weighted by atomic mass is 35.7. The van der Waals surface area contributed by atoms with Gasteiger partial charge in [0.05, 0.1) is 6.10 Å². The van der Waals surface area contributed by atoms with Crippen LogP contribution in [0.2, 0.25) is 0 Å². The van der Waals surface area contributed by atoms with Crippen LogP contribution in [0.1, 0.15) is 30.8 Å². The van der Waals surface area contributed by atoms with Gasteiger partial charge in [-0.15, -0.1) is 0 Å². The van der Waals surface area contributed by atoms with Crippen molar-refractivity contribution in [2.75, 3.05) is 7.11 Å². The number of hydrogen-bond acceptors (Lipinski definition) is 4. The monoisotopic (exact) mass is 334 g/mol. The van der Waals surface area contributed by atoms with Crippen molar-refractivity contribution in [3.63, 3.8) is 0 Å². The average Bonchev–Trinajstić information content (AvgIpc) is 2.75. The van der Waals surface area contributed by atoms with Gasteiger partial charge in [0.15, 0.2) is 0 Å². The van der Waals surface area contributed by atoms with Gasteiger partial charge < -0.3 is 14.6 Å². The van der Waals surface area contributed by atoms with E-state index in [1.807, 2.05) is 13.8 Å². The summed E-state index contributed by atoms with van der Waals surface area (Å²) >= 11 is 0. The van der Waals surface area contributed by atoms with Crippen LogP contribution in [0.5, 0.6) is 0 Å². The van der Waals surface area contributed by atoms with Gasteiger partial charge in [0.1, 0.15) is 10.6 Å². The fraction of sp³-hybridized carbons (Fsp3) is 0.615. The Labute approximate surface area is 128 Å². The number of aryl methyl sites for hydroxylation is 1. The first-order valence-electron chi connectivity index (χ1n) is 6.52. The highest BCUT2D eigenvalue weighted by Gasteiger charge is 2.49. The Morgan fingerprint density at radius 3 is 2.57 bits per heavy atom. The molecule has 2 rings (SSSR count). The van der Waals surface area contributed by atoms with E-state index in [4.69, 9.17) is 15.4 Å². The number of nitrogens with one attached hydrogen (secondary N) is 1. The molecule has 1 amide bonds. The van der Waals surface area contributed by atoms with E-state index in [1.165, 1.54) is 16.8 Å². The Balaban J connectivity index is 2.14. The minimum Gasteiger partial charge on any atom is -0.381 e. The van der Waals surface area contributed by atoms with Crippen molar-refractivity contribution in [1.82, 2.24) is 9.88 Å². The van der Waals surface area contributed by atoms with Crippen LogP contribution in [0.3, 0.4) is 0 Å². The van der Waals surface area contributed by atoms with Crippen molar-refractivity contribution in [2.45, 2.75) is 37.3 Å². The molecule has 0 radical (unpaired) electrons. The molecule has 8 heteroatoms. The second-order valence-electron chi connectivity index (χ2n) is 5.92. The van der Waals surface area contributed by atoms with Gasteiger partial charge in [-0.2, -0.15) is 0 Å². The standard InChI is InChI=1S/C13H19ClN2O4S/c1-13(2)10(6-11(13)20-4)15-12(17)9-5-8(7-16(9)3)21(14,18)19/h5,7,10-11H,6H2,1-4H3,(H,15,17). The fourth-order valence-corrected chi connectivity index (χ4v) is 3.45. The van der Waals surface area contributed by atoms with Crippen LogP contribution in [0.4, 0.5) is 0 Å². The molecule has 118 valence electrons. The number of carbonyl (C=O) groups excluding carboxylic acids is 1. The highest BCUT2D eigenvalue weighted by Crippen LogP contribution is 2.42. The van der Waals surface area contributed by atoms with Crippen LogP contribution < -0.4 is 5.32 Å². The third-order valence-electron chi connectivity index (χ3n) is 4.26. The predicted octanol–water partition coefficient (Wildman–Crippen LogP) is 1.50. The molecular formula is C13H19ClN2O4S. The number of nitrogens with zero attached hydrogens (tertiary/aromatic N) is 1. The minimum atomic E-state index is -3.84. The molecule has 1 saturated carbocycles. The summed E-state index contributed by atoms with van der Waals surface area (Å²) in [5, 5.41) is 2.92. The maximum absolute atomic E-state index is 12.3. The van der Waals surface area contributed by atoms with E-state index in [9.17, 15) is 13.2 Å². The SMILES string of the molecule is COC1CC(NC(=O)c2cc(S(=O)(=O)Cl)cn2C)C1(C)C. The van der Waals surface area contributed by atoms with Crippen LogP contribution in [0, 0.1) is 5.41 Å². The van der Waals surface area contributed by atoms with Gasteiger partial charge in [0.2, 0.25) is 0 Å². The summed E-state index contributed by atoms with van der Waals surface area (Å²) in [6, 6.07) is 1.26. The molecule has 0 aromatic carbocycles. The Morgan fingerprint density at radius 2 is 2.14 bits per heavy atom. The van der Waals surface area contributed by atoms with E-state index in [0.717, 1.165) is 6.42 Å². The third-order valence-corrected chi connectivity index (χ3v) is 5.58. The number of ether oxygens (including phenoxy) is 1. The van der Waals surface area contributed by atoms with Crippen molar-refractivity contribution >= 4 is 25.6 Å². The fourth-order valence-electron chi connectivity index (χ4n) is 2.66. The number of methoxy groups -OCH3 is 1. The van der Waals surface area contributed by atoms with E-state index in [2.05, 4.69) is 5.32 Å². The van der Waals surface area contributed by atoms with Crippen LogP contribution in [0.15, 0.2) is 17.2 Å². The summed E-state index contributed by atoms with van der Waals surface area (Å²) in [6.07, 6.45) is 2.16. The molecule has 2 atom stereocenters. The Hall–Kier alpha value is -1.05. The number of hydrogen-bond donors (Lipinski definition) is 1. The van der Waals surface area contributed by atoms with Crippen molar-refractivity contribution in [3.8, 4) is 0 Å². The second kappa shape index (κ2) is 5.30. The lowest BCUT2D eigenvalue weighted by molar-refractivity contribution is -0.0942. The summed E-state index contributed by atoms with van der Waals surface area (Å²) in [5.74, 6) is -0.323. The summed E-state index contributed by atoms with van der Waals surface area (Å²) in [4.78, 5) is 12.2. The van der Waals surface area contributed by atoms with Crippen molar-refractivity contribution in [2.24, 2.45) is 12.5 Å². The van der Waals surface area contributed by atoms with E-state index in [-0.39, 0.29) is 34.1 Å². The summed E-state index contributed by atoms with van der Waals surface area (Å²) < 4.78 is 29.4. The van der Waals surface area contributed by atoms with Gasteiger partial charge in [-0.3, -0.25) is 4.79 Å². The van der Waals surface area contributed by atoms with E-state index in [1.54, 1.807) is 14.2 Å². The first-order valence-corrected chi connectivity index (χ1v) is 8.83. The molecule has 1 fully saturated rings. The zero-order valence-corrected chi connectivity index (χ0v) is 14.0. The Bertz CT molecular complexity index is 666. The maximum atomic E-state index is 12.3. The minimum absolute atomic E-state index is 0.0130. The molecule has 1 N–H and O–H groups in total. The lowest BCUT2D eigenvalue weighted by Gasteiger charge is -2.51. The Morgan fingerprint density at radius 1 is 1.52 bits per heavy atom. The maximum Gasteiger partial charge on any atom is 0.268 e. The highest BCUT2D eigenvalue weighted by molar-refractivity contribution is 8.13. The smallest absolute Gasteiger partial charge is 0.268 e. The van der Waals surface area contributed by atoms with Crippen molar-refractivity contribution in [3.05, 3.63) is 18.0 Å². The quantitative estimate of drug-likeness (QED) is 0.846.